The van der Waals surface area contributed by atoms with E-state index in [2.05, 4.69) is 5.32 Å². The number of nitrogens with one attached hydrogen (secondary N) is 1. The van der Waals surface area contributed by atoms with Crippen LogP contribution in [0.3, 0.4) is 0 Å². The van der Waals surface area contributed by atoms with Gasteiger partial charge in [-0.05, 0) is 43.0 Å². The summed E-state index contributed by atoms with van der Waals surface area (Å²) < 4.78 is 5.21. The minimum absolute atomic E-state index is 0.145. The van der Waals surface area contributed by atoms with Gasteiger partial charge in [0.15, 0.2) is 0 Å². The number of rotatable bonds is 2. The molecule has 124 valence electrons. The Morgan fingerprint density at radius 1 is 1.17 bits per heavy atom. The molecule has 3 rings (SSSR count). The molecule has 1 heterocycles. The molecule has 23 heavy (non-hydrogen) atoms. The van der Waals surface area contributed by atoms with Gasteiger partial charge in [-0.2, -0.15) is 0 Å². The maximum absolute atomic E-state index is 12.5. The molecule has 1 aliphatic heterocycles. The molecule has 1 N–H and O–H groups in total. The zero-order chi connectivity index (χ0) is 16.2. The van der Waals surface area contributed by atoms with Gasteiger partial charge in [-0.15, -0.1) is 0 Å². The third kappa shape index (κ3) is 3.49. The van der Waals surface area contributed by atoms with Crippen molar-refractivity contribution in [2.24, 2.45) is 0 Å². The number of benzene rings is 1. The summed E-state index contributed by atoms with van der Waals surface area (Å²) in [7, 11) is 1.62. The van der Waals surface area contributed by atoms with Crippen molar-refractivity contribution in [2.45, 2.75) is 51.0 Å². The molecule has 1 fully saturated rings. The molecular formula is C18H24N2O3. The Kier molecular flexibility index (Phi) is 4.84. The summed E-state index contributed by atoms with van der Waals surface area (Å²) in [5, 5.41) is 2.93. The van der Waals surface area contributed by atoms with E-state index in [4.69, 9.17) is 4.74 Å². The van der Waals surface area contributed by atoms with Crippen LogP contribution in [0, 0.1) is 0 Å². The first kappa shape index (κ1) is 15.8. The third-order valence-corrected chi connectivity index (χ3v) is 4.81. The topological polar surface area (TPSA) is 58.6 Å². The molecule has 0 aromatic heterocycles. The van der Waals surface area contributed by atoms with Crippen LogP contribution in [-0.2, 0) is 16.0 Å². The summed E-state index contributed by atoms with van der Waals surface area (Å²) in [5.74, 6) is -0.139. The van der Waals surface area contributed by atoms with Crippen LogP contribution in [0.15, 0.2) is 18.2 Å². The molecule has 0 saturated heterocycles. The highest BCUT2D eigenvalue weighted by Gasteiger charge is 2.30. The van der Waals surface area contributed by atoms with E-state index >= 15 is 0 Å². The van der Waals surface area contributed by atoms with Crippen molar-refractivity contribution in [3.63, 3.8) is 0 Å². The lowest BCUT2D eigenvalue weighted by Crippen LogP contribution is -2.46. The fraction of sp³-hybridized carbons (Fsp3) is 0.556. The van der Waals surface area contributed by atoms with Crippen molar-refractivity contribution in [3.05, 3.63) is 23.8 Å². The zero-order valence-electron chi connectivity index (χ0n) is 13.6. The van der Waals surface area contributed by atoms with Crippen LogP contribution in [0.5, 0.6) is 5.75 Å². The van der Waals surface area contributed by atoms with Crippen LogP contribution in [-0.4, -0.2) is 31.5 Å². The molecule has 5 heteroatoms. The van der Waals surface area contributed by atoms with Crippen molar-refractivity contribution in [3.8, 4) is 5.75 Å². The number of carbonyl (C=O) groups is 2. The fourth-order valence-corrected chi connectivity index (χ4v) is 3.51. The van der Waals surface area contributed by atoms with Crippen LogP contribution in [0.2, 0.25) is 0 Å². The third-order valence-electron chi connectivity index (χ3n) is 4.81. The molecule has 0 radical (unpaired) electrons. The number of hydrogen-bond acceptors (Lipinski definition) is 3. The van der Waals surface area contributed by atoms with E-state index in [1.54, 1.807) is 12.0 Å². The molecule has 1 aliphatic carbocycles. The molecular weight excluding hydrogens is 292 g/mol. The second kappa shape index (κ2) is 7.02. The molecule has 0 atom stereocenters. The van der Waals surface area contributed by atoms with Gasteiger partial charge >= 0.3 is 11.8 Å². The first-order valence-corrected chi connectivity index (χ1v) is 8.48. The molecule has 1 saturated carbocycles. The average Bonchev–Trinajstić information content (AvgIpc) is 2.82. The summed E-state index contributed by atoms with van der Waals surface area (Å²) in [4.78, 5) is 26.4. The van der Waals surface area contributed by atoms with Crippen LogP contribution in [0.25, 0.3) is 0 Å². The van der Waals surface area contributed by atoms with Crippen molar-refractivity contribution >= 4 is 17.5 Å². The molecule has 0 unspecified atom stereocenters. The van der Waals surface area contributed by atoms with Crippen LogP contribution in [0.1, 0.15) is 44.1 Å². The number of ether oxygens (including phenoxy) is 1. The molecule has 1 aromatic carbocycles. The summed E-state index contributed by atoms with van der Waals surface area (Å²) in [5.41, 5.74) is 1.88. The van der Waals surface area contributed by atoms with E-state index in [1.165, 1.54) is 12.8 Å². The Bertz CT molecular complexity index is 592. The monoisotopic (exact) mass is 316 g/mol. The number of amides is 2. The van der Waals surface area contributed by atoms with Gasteiger partial charge in [0.2, 0.25) is 0 Å². The van der Waals surface area contributed by atoms with Gasteiger partial charge in [0.05, 0.1) is 7.11 Å². The number of hydrogen-bond donors (Lipinski definition) is 1. The number of methoxy groups -OCH3 is 1. The van der Waals surface area contributed by atoms with Gasteiger partial charge in [0.1, 0.15) is 5.75 Å². The van der Waals surface area contributed by atoms with Gasteiger partial charge in [-0.3, -0.25) is 9.59 Å². The van der Waals surface area contributed by atoms with E-state index < -0.39 is 11.8 Å². The van der Waals surface area contributed by atoms with E-state index in [9.17, 15) is 9.59 Å². The van der Waals surface area contributed by atoms with Crippen molar-refractivity contribution < 1.29 is 14.3 Å². The van der Waals surface area contributed by atoms with E-state index in [0.717, 1.165) is 49.1 Å². The predicted octanol–water partition coefficient (Wildman–Crippen LogP) is 2.42. The molecule has 2 aliphatic rings. The second-order valence-corrected chi connectivity index (χ2v) is 6.36. The van der Waals surface area contributed by atoms with Crippen LogP contribution in [0.4, 0.5) is 5.69 Å². The maximum Gasteiger partial charge on any atom is 0.316 e. The van der Waals surface area contributed by atoms with Crippen molar-refractivity contribution in [1.82, 2.24) is 5.32 Å². The second-order valence-electron chi connectivity index (χ2n) is 6.36. The van der Waals surface area contributed by atoms with Gasteiger partial charge in [0.25, 0.3) is 0 Å². The van der Waals surface area contributed by atoms with Gasteiger partial charge in [-0.1, -0.05) is 25.7 Å². The van der Waals surface area contributed by atoms with E-state index in [-0.39, 0.29) is 6.04 Å². The number of anilines is 1. The number of nitrogens with zero attached hydrogens (tertiary/aromatic N) is 1. The largest absolute Gasteiger partial charge is 0.497 e. The van der Waals surface area contributed by atoms with Crippen molar-refractivity contribution in [1.29, 1.82) is 0 Å². The Morgan fingerprint density at radius 3 is 2.61 bits per heavy atom. The Balaban J connectivity index is 1.66. The van der Waals surface area contributed by atoms with Crippen LogP contribution >= 0.6 is 0 Å². The minimum atomic E-state index is -0.472. The Morgan fingerprint density at radius 2 is 1.91 bits per heavy atom. The molecule has 1 aromatic rings. The summed E-state index contributed by atoms with van der Waals surface area (Å²) >= 11 is 0. The highest BCUT2D eigenvalue weighted by Crippen LogP contribution is 2.31. The predicted molar refractivity (Wildman–Crippen MR) is 88.7 cm³/mol. The Hall–Kier alpha value is -2.04. The maximum atomic E-state index is 12.5. The summed E-state index contributed by atoms with van der Waals surface area (Å²) in [6, 6.07) is 5.77. The number of fused-ring (bicyclic) bond motifs is 1. The quantitative estimate of drug-likeness (QED) is 0.673. The lowest BCUT2D eigenvalue weighted by molar-refractivity contribution is -0.138. The van der Waals surface area contributed by atoms with Gasteiger partial charge in [-0.25, -0.2) is 0 Å². The standard InChI is InChI=1S/C18H24N2O3/c1-23-15-8-9-16-13(12-15)10-11-20(16)18(22)17(21)19-14-6-4-2-3-5-7-14/h8-9,12,14H,2-7,10-11H2,1H3,(H,19,21). The van der Waals surface area contributed by atoms with Crippen LogP contribution < -0.4 is 15.0 Å². The van der Waals surface area contributed by atoms with E-state index in [1.807, 2.05) is 18.2 Å². The molecule has 0 bridgehead atoms. The molecule has 5 nitrogen and oxygen atoms in total. The first-order chi connectivity index (χ1) is 11.2. The number of carbonyl (C=O) groups excluding carboxylic acids is 2. The molecule has 0 spiro atoms. The zero-order valence-corrected chi connectivity index (χ0v) is 13.6. The first-order valence-electron chi connectivity index (χ1n) is 8.48. The smallest absolute Gasteiger partial charge is 0.316 e. The lowest BCUT2D eigenvalue weighted by atomic mass is 10.1. The normalized spacial score (nSPS) is 18.2. The highest BCUT2D eigenvalue weighted by molar-refractivity contribution is 6.40. The summed E-state index contributed by atoms with van der Waals surface area (Å²) in [6.45, 7) is 0.555. The highest BCUT2D eigenvalue weighted by atomic mass is 16.5. The summed E-state index contributed by atoms with van der Waals surface area (Å²) in [6.07, 6.45) is 7.43. The molecule has 2 amide bonds. The van der Waals surface area contributed by atoms with Gasteiger partial charge < -0.3 is 15.0 Å². The minimum Gasteiger partial charge on any atom is -0.497 e. The average molecular weight is 316 g/mol. The van der Waals surface area contributed by atoms with Crippen molar-refractivity contribution in [2.75, 3.05) is 18.6 Å². The van der Waals surface area contributed by atoms with Gasteiger partial charge in [0, 0.05) is 18.3 Å². The fourth-order valence-electron chi connectivity index (χ4n) is 3.51. The lowest BCUT2D eigenvalue weighted by Gasteiger charge is -2.20. The van der Waals surface area contributed by atoms with E-state index in [0.29, 0.717) is 6.54 Å². The Labute approximate surface area is 137 Å². The SMILES string of the molecule is COc1ccc2c(c1)CCN2C(=O)C(=O)NC1CCCCCC1.